The molecule has 0 aliphatic heterocycles. The fourth-order valence-electron chi connectivity index (χ4n) is 3.89. The minimum atomic E-state index is -0.258. The fraction of sp³-hybridized carbons (Fsp3) is 0.0625. The summed E-state index contributed by atoms with van der Waals surface area (Å²) in [4.78, 5) is 24.9. The second kappa shape index (κ2) is 13.2. The molecule has 0 aliphatic rings. The third kappa shape index (κ3) is 7.77. The van der Waals surface area contributed by atoms with E-state index in [2.05, 4.69) is 10.6 Å². The van der Waals surface area contributed by atoms with Gasteiger partial charge in [0.15, 0.2) is 0 Å². The van der Waals surface area contributed by atoms with E-state index in [1.165, 1.54) is 12.2 Å². The van der Waals surface area contributed by atoms with Gasteiger partial charge in [-0.05, 0) is 108 Å². The predicted molar refractivity (Wildman–Crippen MR) is 170 cm³/mol. The Hall–Kier alpha value is -3.54. The number of anilines is 2. The Morgan fingerprint density at radius 2 is 0.950 bits per heavy atom. The molecule has 0 aliphatic carbocycles. The Bertz CT molecular complexity index is 1540. The van der Waals surface area contributed by atoms with E-state index < -0.39 is 0 Å². The molecule has 0 atom stereocenters. The van der Waals surface area contributed by atoms with Gasteiger partial charge in [-0.15, -0.1) is 0 Å². The lowest BCUT2D eigenvalue weighted by Crippen LogP contribution is -2.09. The summed E-state index contributed by atoms with van der Waals surface area (Å²) in [5.41, 5.74) is 6.77. The van der Waals surface area contributed by atoms with Crippen LogP contribution >= 0.6 is 46.4 Å². The zero-order chi connectivity index (χ0) is 28.8. The Morgan fingerprint density at radius 3 is 1.30 bits per heavy atom. The summed E-state index contributed by atoms with van der Waals surface area (Å²) in [6, 6.07) is 22.0. The molecule has 0 aromatic heterocycles. The molecule has 8 heteroatoms. The van der Waals surface area contributed by atoms with E-state index >= 15 is 0 Å². The van der Waals surface area contributed by atoms with E-state index in [1.54, 1.807) is 48.6 Å². The number of carbonyl (C=O) groups excluding carboxylic acids is 2. The lowest BCUT2D eigenvalue weighted by molar-refractivity contribution is -0.112. The molecule has 0 saturated heterocycles. The van der Waals surface area contributed by atoms with Gasteiger partial charge in [-0.3, -0.25) is 9.59 Å². The van der Waals surface area contributed by atoms with Gasteiger partial charge in [0.2, 0.25) is 11.8 Å². The van der Waals surface area contributed by atoms with E-state index in [9.17, 15) is 9.59 Å². The zero-order valence-corrected chi connectivity index (χ0v) is 24.6. The van der Waals surface area contributed by atoms with Crippen molar-refractivity contribution in [3.05, 3.63) is 127 Å². The van der Waals surface area contributed by atoms with Crippen LogP contribution in [-0.4, -0.2) is 11.8 Å². The summed E-state index contributed by atoms with van der Waals surface area (Å²) >= 11 is 23.9. The van der Waals surface area contributed by atoms with Crippen LogP contribution in [-0.2, 0) is 9.59 Å². The number of benzene rings is 4. The minimum Gasteiger partial charge on any atom is -0.322 e. The Balaban J connectivity index is 1.40. The maximum absolute atomic E-state index is 12.5. The maximum atomic E-state index is 12.5. The molecule has 0 spiro atoms. The summed E-state index contributed by atoms with van der Waals surface area (Å²) in [7, 11) is 0. The molecule has 4 nitrogen and oxygen atoms in total. The highest BCUT2D eigenvalue weighted by molar-refractivity contribution is 6.42. The summed E-state index contributed by atoms with van der Waals surface area (Å²) in [6.07, 6.45) is 6.24. The van der Waals surface area contributed by atoms with E-state index in [0.29, 0.717) is 31.5 Å². The van der Waals surface area contributed by atoms with Gasteiger partial charge in [-0.2, -0.15) is 0 Å². The normalized spacial score (nSPS) is 11.2. The molecule has 0 radical (unpaired) electrons. The van der Waals surface area contributed by atoms with Gasteiger partial charge in [0, 0.05) is 23.5 Å². The molecule has 4 aromatic carbocycles. The molecule has 4 rings (SSSR count). The summed E-state index contributed by atoms with van der Waals surface area (Å²) in [6.45, 7) is 3.87. The minimum absolute atomic E-state index is 0.258. The van der Waals surface area contributed by atoms with Crippen molar-refractivity contribution in [1.29, 1.82) is 0 Å². The zero-order valence-electron chi connectivity index (χ0n) is 21.6. The molecular formula is C32H24Cl4N2O2. The van der Waals surface area contributed by atoms with Crippen molar-refractivity contribution >= 4 is 81.7 Å². The maximum Gasteiger partial charge on any atom is 0.248 e. The second-order valence-corrected chi connectivity index (χ2v) is 10.7. The monoisotopic (exact) mass is 608 g/mol. The van der Waals surface area contributed by atoms with Crippen molar-refractivity contribution in [3.63, 3.8) is 0 Å². The van der Waals surface area contributed by atoms with Crippen molar-refractivity contribution in [2.45, 2.75) is 13.8 Å². The lowest BCUT2D eigenvalue weighted by atomic mass is 10.00. The standard InChI is InChI=1S/C32H24Cl4N2O2/c1-19-15-23(7-11-29(19)37-31(39)13-5-21-3-9-25(33)27(35)17-21)24-8-12-30(20(2)16-24)38-32(40)14-6-22-4-10-26(34)28(36)18-22/h3-18H,1-2H3,(H,37,39)(H,38,40). The largest absolute Gasteiger partial charge is 0.322 e. The van der Waals surface area contributed by atoms with E-state index in [-0.39, 0.29) is 11.8 Å². The van der Waals surface area contributed by atoms with E-state index in [0.717, 1.165) is 33.4 Å². The lowest BCUT2D eigenvalue weighted by Gasteiger charge is -2.12. The molecule has 40 heavy (non-hydrogen) atoms. The average molecular weight is 610 g/mol. The van der Waals surface area contributed by atoms with Crippen LogP contribution in [0.3, 0.4) is 0 Å². The van der Waals surface area contributed by atoms with E-state index in [4.69, 9.17) is 46.4 Å². The number of amides is 2. The SMILES string of the molecule is Cc1cc(-c2ccc(NC(=O)C=Cc3ccc(Cl)c(Cl)c3)c(C)c2)ccc1NC(=O)C=Cc1ccc(Cl)c(Cl)c1. The van der Waals surface area contributed by atoms with Crippen molar-refractivity contribution in [2.24, 2.45) is 0 Å². The number of hydrogen-bond acceptors (Lipinski definition) is 2. The molecule has 202 valence electrons. The Kier molecular flexibility index (Phi) is 9.72. The first kappa shape index (κ1) is 29.4. The summed E-state index contributed by atoms with van der Waals surface area (Å²) in [5.74, 6) is -0.517. The molecule has 4 aromatic rings. The Labute approximate surface area is 253 Å². The number of carbonyl (C=O) groups is 2. The van der Waals surface area contributed by atoms with Crippen LogP contribution in [0.4, 0.5) is 11.4 Å². The van der Waals surface area contributed by atoms with Gasteiger partial charge in [0.1, 0.15) is 0 Å². The quantitative estimate of drug-likeness (QED) is 0.205. The number of aryl methyl sites for hydroxylation is 2. The topological polar surface area (TPSA) is 58.2 Å². The molecular weight excluding hydrogens is 586 g/mol. The first-order valence-electron chi connectivity index (χ1n) is 12.2. The van der Waals surface area contributed by atoms with Crippen LogP contribution in [0.1, 0.15) is 22.3 Å². The highest BCUT2D eigenvalue weighted by Gasteiger charge is 2.08. The van der Waals surface area contributed by atoms with Gasteiger partial charge < -0.3 is 10.6 Å². The van der Waals surface area contributed by atoms with E-state index in [1.807, 2.05) is 50.2 Å². The molecule has 0 saturated carbocycles. The fourth-order valence-corrected chi connectivity index (χ4v) is 4.50. The molecule has 0 heterocycles. The molecule has 0 bridgehead atoms. The first-order valence-corrected chi connectivity index (χ1v) is 13.7. The molecule has 2 N–H and O–H groups in total. The van der Waals surface area contributed by atoms with Crippen LogP contribution < -0.4 is 10.6 Å². The van der Waals surface area contributed by atoms with Crippen molar-refractivity contribution in [1.82, 2.24) is 0 Å². The number of hydrogen-bond donors (Lipinski definition) is 2. The second-order valence-electron chi connectivity index (χ2n) is 9.05. The number of halogens is 4. The van der Waals surface area contributed by atoms with Crippen LogP contribution in [0.15, 0.2) is 84.9 Å². The predicted octanol–water partition coefficient (Wildman–Crippen LogP) is 9.89. The van der Waals surface area contributed by atoms with Crippen molar-refractivity contribution in [3.8, 4) is 11.1 Å². The van der Waals surface area contributed by atoms with Gasteiger partial charge in [0.05, 0.1) is 20.1 Å². The summed E-state index contributed by atoms with van der Waals surface area (Å²) < 4.78 is 0. The van der Waals surface area contributed by atoms with Crippen LogP contribution in [0.2, 0.25) is 20.1 Å². The molecule has 0 unspecified atom stereocenters. The van der Waals surface area contributed by atoms with Gasteiger partial charge in [-0.25, -0.2) is 0 Å². The average Bonchev–Trinajstić information content (AvgIpc) is 2.92. The molecule has 2 amide bonds. The highest BCUT2D eigenvalue weighted by atomic mass is 35.5. The number of nitrogens with one attached hydrogen (secondary N) is 2. The van der Waals surface area contributed by atoms with Gasteiger partial charge >= 0.3 is 0 Å². The van der Waals surface area contributed by atoms with Crippen molar-refractivity contribution < 1.29 is 9.59 Å². The third-order valence-corrected chi connectivity index (χ3v) is 7.52. The van der Waals surface area contributed by atoms with Crippen molar-refractivity contribution in [2.75, 3.05) is 10.6 Å². The Morgan fingerprint density at radius 1 is 0.550 bits per heavy atom. The van der Waals surface area contributed by atoms with Crippen LogP contribution in [0, 0.1) is 13.8 Å². The summed E-state index contributed by atoms with van der Waals surface area (Å²) in [5, 5.41) is 7.59. The van der Waals surface area contributed by atoms with Crippen LogP contribution in [0.25, 0.3) is 23.3 Å². The van der Waals surface area contributed by atoms with Crippen LogP contribution in [0.5, 0.6) is 0 Å². The first-order chi connectivity index (χ1) is 19.1. The number of rotatable bonds is 7. The van der Waals surface area contributed by atoms with Gasteiger partial charge in [-0.1, -0.05) is 70.7 Å². The smallest absolute Gasteiger partial charge is 0.248 e. The van der Waals surface area contributed by atoms with Gasteiger partial charge in [0.25, 0.3) is 0 Å². The molecule has 0 fully saturated rings. The third-order valence-electron chi connectivity index (χ3n) is 6.04. The highest BCUT2D eigenvalue weighted by Crippen LogP contribution is 2.29.